The molecule has 1 amide bonds. The third kappa shape index (κ3) is 3.69. The molecule has 7 heteroatoms. The van der Waals surface area contributed by atoms with Crippen molar-refractivity contribution in [2.24, 2.45) is 23.2 Å². The van der Waals surface area contributed by atoms with Gasteiger partial charge in [0.05, 0.1) is 11.0 Å². The lowest BCUT2D eigenvalue weighted by Crippen LogP contribution is -2.50. The smallest absolute Gasteiger partial charge is 0.416 e. The van der Waals surface area contributed by atoms with Crippen LogP contribution < -0.4 is 5.32 Å². The molecule has 5 rings (SSSR count). The fourth-order valence-electron chi connectivity index (χ4n) is 5.62. The second kappa shape index (κ2) is 6.53. The molecule has 1 aromatic carbocycles. The van der Waals surface area contributed by atoms with Crippen LogP contribution >= 0.6 is 0 Å². The van der Waals surface area contributed by atoms with Gasteiger partial charge in [-0.25, -0.2) is 0 Å². The van der Waals surface area contributed by atoms with Gasteiger partial charge in [0.25, 0.3) is 5.91 Å². The number of benzene rings is 1. The number of hydrogen-bond donors (Lipinski definition) is 1. The van der Waals surface area contributed by atoms with Gasteiger partial charge in [0.1, 0.15) is 0 Å². The summed E-state index contributed by atoms with van der Waals surface area (Å²) in [6, 6.07) is 4.38. The number of amides is 1. The third-order valence-corrected chi connectivity index (χ3v) is 6.28. The molecule has 4 fully saturated rings. The van der Waals surface area contributed by atoms with Crippen molar-refractivity contribution in [1.29, 1.82) is 0 Å². The first-order valence-electron chi connectivity index (χ1n) is 9.38. The Morgan fingerprint density at radius 2 is 1.67 bits per heavy atom. The summed E-state index contributed by atoms with van der Waals surface area (Å²) in [7, 11) is 0. The van der Waals surface area contributed by atoms with Gasteiger partial charge in [-0.15, -0.1) is 0 Å². The van der Waals surface area contributed by atoms with Crippen molar-refractivity contribution >= 4 is 17.6 Å². The highest BCUT2D eigenvalue weighted by molar-refractivity contribution is 5.93. The summed E-state index contributed by atoms with van der Waals surface area (Å²) in [4.78, 5) is 24.7. The molecule has 4 saturated carbocycles. The van der Waals surface area contributed by atoms with Crippen molar-refractivity contribution in [2.75, 3.05) is 11.9 Å². The minimum Gasteiger partial charge on any atom is -0.455 e. The molecule has 0 atom stereocenters. The Morgan fingerprint density at radius 1 is 1.07 bits per heavy atom. The molecule has 0 saturated heterocycles. The van der Waals surface area contributed by atoms with Gasteiger partial charge in [0.15, 0.2) is 6.61 Å². The van der Waals surface area contributed by atoms with E-state index < -0.39 is 29.7 Å². The minimum atomic E-state index is -4.48. The summed E-state index contributed by atoms with van der Waals surface area (Å²) in [5, 5.41) is 2.37. The van der Waals surface area contributed by atoms with E-state index in [4.69, 9.17) is 4.74 Å². The lowest BCUT2D eigenvalue weighted by Gasteiger charge is -2.55. The number of anilines is 1. The molecule has 4 aliphatic rings. The third-order valence-electron chi connectivity index (χ3n) is 6.28. The van der Waals surface area contributed by atoms with Crippen LogP contribution in [0.25, 0.3) is 0 Å². The van der Waals surface area contributed by atoms with Gasteiger partial charge in [-0.05, 0) is 74.5 Å². The summed E-state index contributed by atoms with van der Waals surface area (Å²) >= 11 is 0. The maximum Gasteiger partial charge on any atom is 0.416 e. The highest BCUT2D eigenvalue weighted by Crippen LogP contribution is 2.60. The van der Waals surface area contributed by atoms with Gasteiger partial charge in [-0.1, -0.05) is 6.07 Å². The molecule has 4 aliphatic carbocycles. The van der Waals surface area contributed by atoms with Crippen LogP contribution in [0.5, 0.6) is 0 Å². The normalized spacial score (nSPS) is 31.6. The van der Waals surface area contributed by atoms with Crippen molar-refractivity contribution in [2.45, 2.75) is 44.7 Å². The number of esters is 1. The number of ether oxygens (including phenoxy) is 1. The Labute approximate surface area is 155 Å². The van der Waals surface area contributed by atoms with Crippen LogP contribution in [-0.4, -0.2) is 18.5 Å². The molecule has 0 aromatic heterocycles. The minimum absolute atomic E-state index is 0.0284. The summed E-state index contributed by atoms with van der Waals surface area (Å²) in [5.74, 6) is 0.807. The molecule has 4 nitrogen and oxygen atoms in total. The number of rotatable bonds is 4. The first-order valence-corrected chi connectivity index (χ1v) is 9.38. The van der Waals surface area contributed by atoms with Gasteiger partial charge >= 0.3 is 12.1 Å². The predicted octanol–water partition coefficient (Wildman–Crippen LogP) is 4.40. The Morgan fingerprint density at radius 3 is 2.22 bits per heavy atom. The molecule has 0 spiro atoms. The summed E-state index contributed by atoms with van der Waals surface area (Å²) in [5.41, 5.74) is -1.27. The molecular weight excluding hydrogens is 359 g/mol. The molecular formula is C20H22F3NO3. The zero-order valence-electron chi connectivity index (χ0n) is 14.8. The van der Waals surface area contributed by atoms with Crippen LogP contribution in [0.2, 0.25) is 0 Å². The molecule has 0 heterocycles. The van der Waals surface area contributed by atoms with Gasteiger partial charge in [-0.3, -0.25) is 9.59 Å². The fourth-order valence-corrected chi connectivity index (χ4v) is 5.62. The molecule has 27 heavy (non-hydrogen) atoms. The molecule has 0 radical (unpaired) electrons. The molecule has 4 bridgehead atoms. The molecule has 0 aliphatic heterocycles. The van der Waals surface area contributed by atoms with E-state index in [-0.39, 0.29) is 11.7 Å². The van der Waals surface area contributed by atoms with Crippen LogP contribution in [-0.2, 0) is 20.5 Å². The van der Waals surface area contributed by atoms with Crippen LogP contribution in [0, 0.1) is 23.2 Å². The van der Waals surface area contributed by atoms with E-state index in [2.05, 4.69) is 5.32 Å². The number of hydrogen-bond acceptors (Lipinski definition) is 3. The number of nitrogens with one attached hydrogen (secondary N) is 1. The summed E-state index contributed by atoms with van der Waals surface area (Å²) in [6.07, 6.45) is 1.63. The van der Waals surface area contributed by atoms with E-state index in [1.165, 1.54) is 31.4 Å². The maximum absolute atomic E-state index is 12.7. The zero-order chi connectivity index (χ0) is 19.2. The zero-order valence-corrected chi connectivity index (χ0v) is 14.8. The van der Waals surface area contributed by atoms with E-state index in [9.17, 15) is 22.8 Å². The first kappa shape index (κ1) is 18.3. The lowest BCUT2D eigenvalue weighted by molar-refractivity contribution is -0.172. The SMILES string of the molecule is O=C(COC(=O)C12CC3CC(CC(C3)C1)C2)Nc1cccc(C(F)(F)F)c1. The van der Waals surface area contributed by atoms with Crippen molar-refractivity contribution in [3.05, 3.63) is 29.8 Å². The van der Waals surface area contributed by atoms with Crippen LogP contribution in [0.15, 0.2) is 24.3 Å². The van der Waals surface area contributed by atoms with E-state index in [0.717, 1.165) is 31.4 Å². The van der Waals surface area contributed by atoms with E-state index in [1.807, 2.05) is 0 Å². The monoisotopic (exact) mass is 381 g/mol. The number of halogens is 3. The van der Waals surface area contributed by atoms with Gasteiger partial charge in [0.2, 0.25) is 0 Å². The fraction of sp³-hybridized carbons (Fsp3) is 0.600. The summed E-state index contributed by atoms with van der Waals surface area (Å²) in [6.45, 7) is -0.475. The Bertz CT molecular complexity index is 724. The average molecular weight is 381 g/mol. The van der Waals surface area contributed by atoms with Crippen molar-refractivity contribution in [1.82, 2.24) is 0 Å². The Balaban J connectivity index is 1.34. The van der Waals surface area contributed by atoms with Gasteiger partial charge in [0, 0.05) is 5.69 Å². The highest BCUT2D eigenvalue weighted by Gasteiger charge is 2.55. The van der Waals surface area contributed by atoms with Crippen molar-refractivity contribution < 1.29 is 27.5 Å². The first-order chi connectivity index (χ1) is 12.7. The number of carbonyl (C=O) groups is 2. The number of alkyl halides is 3. The highest BCUT2D eigenvalue weighted by atomic mass is 19.4. The molecule has 1 N–H and O–H groups in total. The quantitative estimate of drug-likeness (QED) is 0.787. The second-order valence-electron chi connectivity index (χ2n) is 8.40. The molecule has 0 unspecified atom stereocenters. The maximum atomic E-state index is 12.7. The standard InChI is InChI=1S/C20H22F3NO3/c21-20(22,23)15-2-1-3-16(7-15)24-17(25)11-27-18(26)19-8-12-4-13(9-19)6-14(5-12)10-19/h1-3,7,12-14H,4-6,8-11H2,(H,24,25). The lowest BCUT2D eigenvalue weighted by atomic mass is 9.49. The molecule has 1 aromatic rings. The van der Waals surface area contributed by atoms with E-state index >= 15 is 0 Å². The van der Waals surface area contributed by atoms with Gasteiger partial charge < -0.3 is 10.1 Å². The van der Waals surface area contributed by atoms with Crippen molar-refractivity contribution in [3.8, 4) is 0 Å². The molecule has 146 valence electrons. The van der Waals surface area contributed by atoms with Crippen LogP contribution in [0.4, 0.5) is 18.9 Å². The van der Waals surface area contributed by atoms with Crippen molar-refractivity contribution in [3.63, 3.8) is 0 Å². The summed E-state index contributed by atoms with van der Waals surface area (Å²) < 4.78 is 43.5. The van der Waals surface area contributed by atoms with E-state index in [1.54, 1.807) is 0 Å². The number of carbonyl (C=O) groups excluding carboxylic acids is 2. The second-order valence-corrected chi connectivity index (χ2v) is 8.40. The van der Waals surface area contributed by atoms with Gasteiger partial charge in [-0.2, -0.15) is 13.2 Å². The predicted molar refractivity (Wildman–Crippen MR) is 91.6 cm³/mol. The topological polar surface area (TPSA) is 55.4 Å². The largest absolute Gasteiger partial charge is 0.455 e. The van der Waals surface area contributed by atoms with Crippen LogP contribution in [0.3, 0.4) is 0 Å². The van der Waals surface area contributed by atoms with E-state index in [0.29, 0.717) is 17.8 Å². The van der Waals surface area contributed by atoms with Crippen LogP contribution in [0.1, 0.15) is 44.1 Å². The average Bonchev–Trinajstić information content (AvgIpc) is 2.58. The Kier molecular flexibility index (Phi) is 4.43. The Hall–Kier alpha value is -2.05.